The summed E-state index contributed by atoms with van der Waals surface area (Å²) in [4.78, 5) is 23.1. The van der Waals surface area contributed by atoms with Crippen molar-refractivity contribution in [1.82, 2.24) is 10.6 Å². The number of rotatable bonds is 5. The van der Waals surface area contributed by atoms with Gasteiger partial charge in [0.05, 0.1) is 6.61 Å². The fourth-order valence-corrected chi connectivity index (χ4v) is 1.78. The van der Waals surface area contributed by atoms with E-state index in [1.54, 1.807) is 12.1 Å². The Hall–Kier alpha value is -1.95. The van der Waals surface area contributed by atoms with Crippen LogP contribution in [-0.2, 0) is 16.1 Å². The van der Waals surface area contributed by atoms with Crippen molar-refractivity contribution >= 4 is 11.8 Å². The van der Waals surface area contributed by atoms with Gasteiger partial charge in [0.15, 0.2) is 0 Å². The summed E-state index contributed by atoms with van der Waals surface area (Å²) >= 11 is 0. The lowest BCUT2D eigenvalue weighted by molar-refractivity contribution is -0.139. The molecule has 5 nitrogen and oxygen atoms in total. The molecule has 0 heterocycles. The molecule has 0 unspecified atom stereocenters. The van der Waals surface area contributed by atoms with Gasteiger partial charge in [0.2, 0.25) is 0 Å². The third kappa shape index (κ3) is 3.77. The fraction of sp³-hybridized carbons (Fsp3) is 0.429. The van der Waals surface area contributed by atoms with E-state index in [1.807, 2.05) is 0 Å². The molecule has 0 aliphatic heterocycles. The van der Waals surface area contributed by atoms with Gasteiger partial charge < -0.3 is 15.7 Å². The van der Waals surface area contributed by atoms with Gasteiger partial charge in [0.1, 0.15) is 5.82 Å². The van der Waals surface area contributed by atoms with E-state index in [0.717, 1.165) is 12.8 Å². The Bertz CT molecular complexity index is 498. The summed E-state index contributed by atoms with van der Waals surface area (Å²) in [6, 6.07) is 5.66. The number of nitrogens with one attached hydrogen (secondary N) is 2. The molecule has 0 saturated heterocycles. The second kappa shape index (κ2) is 6.00. The molecule has 1 saturated carbocycles. The van der Waals surface area contributed by atoms with Crippen LogP contribution in [0.3, 0.4) is 0 Å². The quantitative estimate of drug-likeness (QED) is 0.680. The van der Waals surface area contributed by atoms with Crippen molar-refractivity contribution < 1.29 is 19.1 Å². The van der Waals surface area contributed by atoms with Crippen LogP contribution in [0.1, 0.15) is 18.4 Å². The number of halogens is 1. The molecule has 0 aromatic heterocycles. The first-order chi connectivity index (χ1) is 9.54. The number of aliphatic hydroxyl groups excluding tert-OH is 1. The van der Waals surface area contributed by atoms with Gasteiger partial charge in [0.25, 0.3) is 0 Å². The third-order valence-corrected chi connectivity index (χ3v) is 3.49. The number of aliphatic hydroxyl groups is 1. The largest absolute Gasteiger partial charge is 0.396 e. The Labute approximate surface area is 116 Å². The Morgan fingerprint density at radius 2 is 1.75 bits per heavy atom. The van der Waals surface area contributed by atoms with Crippen LogP contribution >= 0.6 is 0 Å². The molecule has 1 fully saturated rings. The lowest BCUT2D eigenvalue weighted by Gasteiger charge is -2.12. The van der Waals surface area contributed by atoms with E-state index >= 15 is 0 Å². The number of benzene rings is 1. The minimum absolute atomic E-state index is 0.0183. The fourth-order valence-electron chi connectivity index (χ4n) is 1.78. The second-order valence-electron chi connectivity index (χ2n) is 5.15. The van der Waals surface area contributed by atoms with Crippen molar-refractivity contribution in [3.8, 4) is 0 Å². The molecule has 0 atom stereocenters. The van der Waals surface area contributed by atoms with Gasteiger partial charge in [0, 0.05) is 18.5 Å². The Kier molecular flexibility index (Phi) is 4.34. The number of carbonyl (C=O) groups is 2. The van der Waals surface area contributed by atoms with Crippen molar-refractivity contribution in [2.24, 2.45) is 5.41 Å². The van der Waals surface area contributed by atoms with Gasteiger partial charge in [-0.05, 0) is 30.5 Å². The Balaban J connectivity index is 1.73. The van der Waals surface area contributed by atoms with Crippen molar-refractivity contribution in [1.29, 1.82) is 0 Å². The molecule has 108 valence electrons. The monoisotopic (exact) mass is 280 g/mol. The maximum atomic E-state index is 12.7. The molecule has 0 radical (unpaired) electrons. The Morgan fingerprint density at radius 3 is 2.30 bits per heavy atom. The van der Waals surface area contributed by atoms with E-state index < -0.39 is 11.8 Å². The lowest BCUT2D eigenvalue weighted by atomic mass is 10.1. The molecule has 1 aromatic rings. The first kappa shape index (κ1) is 14.5. The molecule has 1 aliphatic rings. The lowest BCUT2D eigenvalue weighted by Crippen LogP contribution is -2.42. The summed E-state index contributed by atoms with van der Waals surface area (Å²) in [6.07, 6.45) is 1.72. The van der Waals surface area contributed by atoms with Crippen LogP contribution in [0.15, 0.2) is 24.3 Å². The highest BCUT2D eigenvalue weighted by atomic mass is 19.1. The normalized spacial score (nSPS) is 15.5. The maximum absolute atomic E-state index is 12.7. The van der Waals surface area contributed by atoms with Crippen molar-refractivity contribution in [3.05, 3.63) is 35.6 Å². The maximum Gasteiger partial charge on any atom is 0.309 e. The summed E-state index contributed by atoms with van der Waals surface area (Å²) < 4.78 is 12.7. The molecule has 6 heteroatoms. The van der Waals surface area contributed by atoms with Crippen molar-refractivity contribution in [3.63, 3.8) is 0 Å². The predicted molar refractivity (Wildman–Crippen MR) is 70.0 cm³/mol. The van der Waals surface area contributed by atoms with Gasteiger partial charge in [-0.3, -0.25) is 9.59 Å². The highest BCUT2D eigenvalue weighted by Crippen LogP contribution is 2.44. The minimum Gasteiger partial charge on any atom is -0.396 e. The van der Waals surface area contributed by atoms with Crippen LogP contribution in [0.25, 0.3) is 0 Å². The number of hydrogen-bond acceptors (Lipinski definition) is 3. The van der Waals surface area contributed by atoms with E-state index in [2.05, 4.69) is 10.6 Å². The summed E-state index contributed by atoms with van der Waals surface area (Å²) in [6.45, 7) is 0.495. The summed E-state index contributed by atoms with van der Waals surface area (Å²) in [5.74, 6) is -1.80. The zero-order chi connectivity index (χ0) is 14.6. The van der Waals surface area contributed by atoms with Crippen LogP contribution in [0.2, 0.25) is 0 Å². The van der Waals surface area contributed by atoms with E-state index in [4.69, 9.17) is 5.11 Å². The van der Waals surface area contributed by atoms with Crippen molar-refractivity contribution in [2.45, 2.75) is 19.4 Å². The Morgan fingerprint density at radius 1 is 1.15 bits per heavy atom. The van der Waals surface area contributed by atoms with E-state index in [-0.39, 0.29) is 24.4 Å². The van der Waals surface area contributed by atoms with Crippen LogP contribution in [-0.4, -0.2) is 30.1 Å². The zero-order valence-corrected chi connectivity index (χ0v) is 11.0. The third-order valence-electron chi connectivity index (χ3n) is 3.49. The standard InChI is InChI=1S/C14H17FN2O3/c15-11-3-1-10(2-4-11)7-16-12(19)13(20)17-8-14(9-18)5-6-14/h1-4,18H,5-9H2,(H,16,19)(H,17,20). The molecule has 0 bridgehead atoms. The van der Waals surface area contributed by atoms with Crippen LogP contribution < -0.4 is 10.6 Å². The molecular weight excluding hydrogens is 263 g/mol. The molecule has 2 rings (SSSR count). The van der Waals surface area contributed by atoms with Gasteiger partial charge in [-0.2, -0.15) is 0 Å². The number of amides is 2. The van der Waals surface area contributed by atoms with E-state index in [1.165, 1.54) is 12.1 Å². The summed E-state index contributed by atoms with van der Waals surface area (Å²) in [5, 5.41) is 14.1. The first-order valence-corrected chi connectivity index (χ1v) is 6.46. The minimum atomic E-state index is -0.733. The molecular formula is C14H17FN2O3. The average Bonchev–Trinajstić information content (AvgIpc) is 3.24. The van der Waals surface area contributed by atoms with Gasteiger partial charge >= 0.3 is 11.8 Å². The van der Waals surface area contributed by atoms with Gasteiger partial charge in [-0.15, -0.1) is 0 Å². The van der Waals surface area contributed by atoms with Gasteiger partial charge in [-0.1, -0.05) is 12.1 Å². The van der Waals surface area contributed by atoms with Gasteiger partial charge in [-0.25, -0.2) is 4.39 Å². The SMILES string of the molecule is O=C(NCc1ccc(F)cc1)C(=O)NCC1(CO)CC1. The van der Waals surface area contributed by atoms with E-state index in [0.29, 0.717) is 12.1 Å². The summed E-state index contributed by atoms with van der Waals surface area (Å²) in [5.41, 5.74) is 0.481. The topological polar surface area (TPSA) is 78.4 Å². The number of carbonyl (C=O) groups excluding carboxylic acids is 2. The summed E-state index contributed by atoms with van der Waals surface area (Å²) in [7, 11) is 0. The zero-order valence-electron chi connectivity index (χ0n) is 11.0. The second-order valence-corrected chi connectivity index (χ2v) is 5.15. The molecule has 0 spiro atoms. The van der Waals surface area contributed by atoms with Crippen molar-refractivity contribution in [2.75, 3.05) is 13.2 Å². The molecule has 1 aliphatic carbocycles. The molecule has 20 heavy (non-hydrogen) atoms. The van der Waals surface area contributed by atoms with Crippen LogP contribution in [0.4, 0.5) is 4.39 Å². The molecule has 1 aromatic carbocycles. The molecule has 3 N–H and O–H groups in total. The van der Waals surface area contributed by atoms with Crippen LogP contribution in [0.5, 0.6) is 0 Å². The average molecular weight is 280 g/mol. The number of hydrogen-bond donors (Lipinski definition) is 3. The highest BCUT2D eigenvalue weighted by Gasteiger charge is 2.42. The predicted octanol–water partition coefficient (Wildman–Crippen LogP) is 0.331. The van der Waals surface area contributed by atoms with Crippen LogP contribution in [0, 0.1) is 11.2 Å². The highest BCUT2D eigenvalue weighted by molar-refractivity contribution is 6.35. The smallest absolute Gasteiger partial charge is 0.309 e. The first-order valence-electron chi connectivity index (χ1n) is 6.46. The van der Waals surface area contributed by atoms with E-state index in [9.17, 15) is 14.0 Å². The molecule has 2 amide bonds.